The number of nitrogens with one attached hydrogen (secondary N) is 1. The monoisotopic (exact) mass is 303 g/mol. The lowest BCUT2D eigenvalue weighted by Crippen LogP contribution is -2.43. The van der Waals surface area contributed by atoms with Crippen molar-refractivity contribution in [3.63, 3.8) is 0 Å². The van der Waals surface area contributed by atoms with E-state index in [1.165, 1.54) is 32.1 Å². The van der Waals surface area contributed by atoms with Crippen LogP contribution in [0.15, 0.2) is 0 Å². The van der Waals surface area contributed by atoms with Gasteiger partial charge in [-0.3, -0.25) is 0 Å². The molecule has 1 fully saturated rings. The third-order valence-electron chi connectivity index (χ3n) is 4.54. The van der Waals surface area contributed by atoms with Gasteiger partial charge in [-0.05, 0) is 37.6 Å². The summed E-state index contributed by atoms with van der Waals surface area (Å²) in [7, 11) is -2.93. The van der Waals surface area contributed by atoms with E-state index in [0.717, 1.165) is 19.4 Å². The molecule has 4 heteroatoms. The van der Waals surface area contributed by atoms with Crippen LogP contribution in [0, 0.1) is 11.8 Å². The molecular formula is C16H33NO2S. The average Bonchev–Trinajstić information content (AvgIpc) is 2.43. The van der Waals surface area contributed by atoms with Crippen LogP contribution in [0.1, 0.15) is 65.7 Å². The summed E-state index contributed by atoms with van der Waals surface area (Å²) in [6.45, 7) is 7.17. The van der Waals surface area contributed by atoms with E-state index in [0.29, 0.717) is 17.4 Å². The first-order valence-electron chi connectivity index (χ1n) is 8.42. The van der Waals surface area contributed by atoms with E-state index < -0.39 is 9.84 Å². The van der Waals surface area contributed by atoms with Gasteiger partial charge >= 0.3 is 0 Å². The molecule has 0 radical (unpaired) electrons. The van der Waals surface area contributed by atoms with E-state index in [-0.39, 0.29) is 12.0 Å². The van der Waals surface area contributed by atoms with Gasteiger partial charge in [0.25, 0.3) is 0 Å². The number of hydrogen-bond donors (Lipinski definition) is 1. The van der Waals surface area contributed by atoms with Crippen LogP contribution in [-0.2, 0) is 9.84 Å². The molecule has 1 saturated carbocycles. The second kappa shape index (κ2) is 9.04. The number of hydrogen-bond acceptors (Lipinski definition) is 3. The fourth-order valence-corrected chi connectivity index (χ4v) is 5.30. The fraction of sp³-hybridized carbons (Fsp3) is 1.00. The van der Waals surface area contributed by atoms with Crippen LogP contribution in [-0.4, -0.2) is 32.5 Å². The Labute approximate surface area is 125 Å². The topological polar surface area (TPSA) is 46.2 Å². The van der Waals surface area contributed by atoms with Gasteiger partial charge in [-0.25, -0.2) is 8.42 Å². The Morgan fingerprint density at radius 1 is 1.10 bits per heavy atom. The lowest BCUT2D eigenvalue weighted by atomic mass is 9.84. The van der Waals surface area contributed by atoms with E-state index in [4.69, 9.17) is 0 Å². The molecule has 2 unspecified atom stereocenters. The Hall–Kier alpha value is -0.0900. The minimum absolute atomic E-state index is 0.171. The third-order valence-corrected chi connectivity index (χ3v) is 6.49. The van der Waals surface area contributed by atoms with Crippen molar-refractivity contribution >= 4 is 9.84 Å². The summed E-state index contributed by atoms with van der Waals surface area (Å²) in [5.74, 6) is 1.52. The van der Waals surface area contributed by atoms with E-state index in [9.17, 15) is 8.42 Å². The van der Waals surface area contributed by atoms with Crippen molar-refractivity contribution in [1.29, 1.82) is 0 Å². The highest BCUT2D eigenvalue weighted by atomic mass is 32.2. The van der Waals surface area contributed by atoms with Crippen LogP contribution in [0.4, 0.5) is 0 Å². The maximum absolute atomic E-state index is 12.4. The summed E-state index contributed by atoms with van der Waals surface area (Å²) in [4.78, 5) is 0. The Kier molecular flexibility index (Phi) is 8.11. The highest BCUT2D eigenvalue weighted by Crippen LogP contribution is 2.27. The van der Waals surface area contributed by atoms with Gasteiger partial charge in [0.2, 0.25) is 0 Å². The van der Waals surface area contributed by atoms with Gasteiger partial charge in [0.15, 0.2) is 9.84 Å². The van der Waals surface area contributed by atoms with Crippen molar-refractivity contribution in [3.8, 4) is 0 Å². The van der Waals surface area contributed by atoms with Crippen molar-refractivity contribution < 1.29 is 8.42 Å². The van der Waals surface area contributed by atoms with Crippen molar-refractivity contribution in [2.24, 2.45) is 11.8 Å². The maximum atomic E-state index is 12.4. The predicted molar refractivity (Wildman–Crippen MR) is 86.8 cm³/mol. The molecule has 0 aliphatic heterocycles. The molecule has 120 valence electrons. The van der Waals surface area contributed by atoms with Crippen molar-refractivity contribution in [3.05, 3.63) is 0 Å². The Morgan fingerprint density at radius 3 is 2.30 bits per heavy atom. The summed E-state index contributed by atoms with van der Waals surface area (Å²) < 4.78 is 24.8. The van der Waals surface area contributed by atoms with Gasteiger partial charge in [0.05, 0.1) is 11.5 Å². The molecule has 1 aliphatic rings. The first-order valence-corrected chi connectivity index (χ1v) is 10.2. The van der Waals surface area contributed by atoms with Gasteiger partial charge in [-0.1, -0.05) is 46.5 Å². The van der Waals surface area contributed by atoms with Gasteiger partial charge < -0.3 is 5.32 Å². The third kappa shape index (κ3) is 6.57. The Bertz CT molecular complexity index is 347. The zero-order valence-corrected chi connectivity index (χ0v) is 14.3. The smallest absolute Gasteiger partial charge is 0.152 e. The van der Waals surface area contributed by atoms with E-state index >= 15 is 0 Å². The van der Waals surface area contributed by atoms with Gasteiger partial charge in [-0.15, -0.1) is 0 Å². The van der Waals surface area contributed by atoms with Gasteiger partial charge in [0, 0.05) is 6.04 Å². The molecule has 0 bridgehead atoms. The molecule has 0 aromatic heterocycles. The predicted octanol–water partition coefficient (Wildman–Crippen LogP) is 3.40. The molecule has 0 amide bonds. The number of sulfone groups is 1. The van der Waals surface area contributed by atoms with Crippen LogP contribution in [0.25, 0.3) is 0 Å². The summed E-state index contributed by atoms with van der Waals surface area (Å²) in [5, 5.41) is 3.51. The second-order valence-corrected chi connectivity index (χ2v) is 8.70. The standard InChI is InChI=1S/C16H33NO2S/c1-4-11-17-16(15-9-7-6-8-10-15)13-20(18,19)12-14(3)5-2/h14-17H,4-13H2,1-3H3. The zero-order chi connectivity index (χ0) is 15.0. The molecule has 2 atom stereocenters. The largest absolute Gasteiger partial charge is 0.313 e. The van der Waals surface area contributed by atoms with Crippen LogP contribution < -0.4 is 5.32 Å². The van der Waals surface area contributed by atoms with Crippen LogP contribution in [0.3, 0.4) is 0 Å². The first kappa shape index (κ1) is 18.0. The van der Waals surface area contributed by atoms with Gasteiger partial charge in [-0.2, -0.15) is 0 Å². The van der Waals surface area contributed by atoms with Crippen LogP contribution in [0.2, 0.25) is 0 Å². The van der Waals surface area contributed by atoms with Crippen molar-refractivity contribution in [2.75, 3.05) is 18.1 Å². The average molecular weight is 304 g/mol. The molecule has 0 saturated heterocycles. The molecule has 1 aliphatic carbocycles. The molecule has 0 aromatic carbocycles. The van der Waals surface area contributed by atoms with Gasteiger partial charge in [0.1, 0.15) is 0 Å². The molecule has 20 heavy (non-hydrogen) atoms. The minimum atomic E-state index is -2.93. The molecule has 0 heterocycles. The molecular weight excluding hydrogens is 270 g/mol. The van der Waals surface area contributed by atoms with Crippen molar-refractivity contribution in [2.45, 2.75) is 71.8 Å². The maximum Gasteiger partial charge on any atom is 0.152 e. The van der Waals surface area contributed by atoms with E-state index in [1.54, 1.807) is 0 Å². The Morgan fingerprint density at radius 2 is 1.75 bits per heavy atom. The minimum Gasteiger partial charge on any atom is -0.313 e. The molecule has 0 aromatic rings. The van der Waals surface area contributed by atoms with Crippen LogP contribution in [0.5, 0.6) is 0 Å². The fourth-order valence-electron chi connectivity index (χ4n) is 3.12. The van der Waals surface area contributed by atoms with E-state index in [1.807, 2.05) is 6.92 Å². The summed E-state index contributed by atoms with van der Waals surface area (Å²) in [5.41, 5.74) is 0. The quantitative estimate of drug-likeness (QED) is 0.710. The normalized spacial score (nSPS) is 20.8. The lowest BCUT2D eigenvalue weighted by Gasteiger charge is -2.31. The summed E-state index contributed by atoms with van der Waals surface area (Å²) in [6.07, 6.45) is 8.24. The summed E-state index contributed by atoms with van der Waals surface area (Å²) >= 11 is 0. The SMILES string of the molecule is CCCNC(CS(=O)(=O)CC(C)CC)C1CCCCC1. The second-order valence-electron chi connectivity index (χ2n) is 6.55. The molecule has 1 N–H and O–H groups in total. The number of rotatable bonds is 9. The van der Waals surface area contributed by atoms with Crippen LogP contribution >= 0.6 is 0 Å². The molecule has 0 spiro atoms. The highest BCUT2D eigenvalue weighted by Gasteiger charge is 2.28. The molecule has 1 rings (SSSR count). The zero-order valence-electron chi connectivity index (χ0n) is 13.5. The van der Waals surface area contributed by atoms with Crippen molar-refractivity contribution in [1.82, 2.24) is 5.32 Å². The highest BCUT2D eigenvalue weighted by molar-refractivity contribution is 7.91. The lowest BCUT2D eigenvalue weighted by molar-refractivity contribution is 0.283. The first-order chi connectivity index (χ1) is 9.48. The van der Waals surface area contributed by atoms with E-state index in [2.05, 4.69) is 19.2 Å². The Balaban J connectivity index is 2.62. The molecule has 3 nitrogen and oxygen atoms in total. The summed E-state index contributed by atoms with van der Waals surface area (Å²) in [6, 6.07) is 0.171.